The highest BCUT2D eigenvalue weighted by Gasteiger charge is 2.28. The number of carbonyl (C=O) groups excluding carboxylic acids is 3. The van der Waals surface area contributed by atoms with Crippen molar-refractivity contribution in [1.29, 1.82) is 5.26 Å². The fourth-order valence-corrected chi connectivity index (χ4v) is 2.99. The summed E-state index contributed by atoms with van der Waals surface area (Å²) in [6, 6.07) is 12.3. The number of nitriles is 1. The van der Waals surface area contributed by atoms with E-state index in [2.05, 4.69) is 10.6 Å². The molecule has 156 valence electrons. The number of ether oxygens (including phenoxy) is 1. The van der Waals surface area contributed by atoms with Gasteiger partial charge >= 0.3 is 5.97 Å². The number of hydrogen-bond donors (Lipinski definition) is 2. The van der Waals surface area contributed by atoms with Gasteiger partial charge in [0, 0.05) is 19.8 Å². The van der Waals surface area contributed by atoms with Crippen molar-refractivity contribution >= 4 is 17.8 Å². The number of carbonyl (C=O) groups is 3. The Morgan fingerprint density at radius 3 is 2.43 bits per heavy atom. The molecular formula is C22H22FN3O4. The highest BCUT2D eigenvalue weighted by Crippen LogP contribution is 2.12. The highest BCUT2D eigenvalue weighted by atomic mass is 19.1. The van der Waals surface area contributed by atoms with Gasteiger partial charge in [0.15, 0.2) is 0 Å². The summed E-state index contributed by atoms with van der Waals surface area (Å²) in [4.78, 5) is 36.7. The molecule has 0 unspecified atom stereocenters. The maximum Gasteiger partial charge on any atom is 0.328 e. The van der Waals surface area contributed by atoms with Gasteiger partial charge < -0.3 is 15.4 Å². The Morgan fingerprint density at radius 1 is 1.07 bits per heavy atom. The van der Waals surface area contributed by atoms with Crippen molar-refractivity contribution in [1.82, 2.24) is 10.6 Å². The maximum absolute atomic E-state index is 13.5. The third-order valence-corrected chi connectivity index (χ3v) is 4.39. The van der Waals surface area contributed by atoms with Crippen LogP contribution in [0.3, 0.4) is 0 Å². The predicted molar refractivity (Wildman–Crippen MR) is 107 cm³/mol. The number of halogens is 1. The molecule has 2 aromatic carbocycles. The summed E-state index contributed by atoms with van der Waals surface area (Å²) in [5.41, 5.74) is 1.45. The van der Waals surface area contributed by atoms with Crippen LogP contribution in [0.1, 0.15) is 23.6 Å². The zero-order chi connectivity index (χ0) is 22.1. The Hall–Kier alpha value is -3.73. The second kappa shape index (κ2) is 10.7. The van der Waals surface area contributed by atoms with Crippen LogP contribution in [0.2, 0.25) is 0 Å². The molecule has 0 aliphatic rings. The summed E-state index contributed by atoms with van der Waals surface area (Å²) < 4.78 is 18.3. The molecule has 2 rings (SSSR count). The Labute approximate surface area is 173 Å². The molecule has 0 fully saturated rings. The first-order chi connectivity index (χ1) is 14.3. The molecule has 0 spiro atoms. The molecule has 30 heavy (non-hydrogen) atoms. The van der Waals surface area contributed by atoms with Crippen LogP contribution in [-0.4, -0.2) is 37.0 Å². The minimum absolute atomic E-state index is 0.0336. The van der Waals surface area contributed by atoms with E-state index in [4.69, 9.17) is 4.74 Å². The van der Waals surface area contributed by atoms with E-state index in [-0.39, 0.29) is 12.8 Å². The third-order valence-electron chi connectivity index (χ3n) is 4.39. The molecule has 0 heterocycles. The lowest BCUT2D eigenvalue weighted by atomic mass is 10.00. The standard InChI is InChI=1S/C22H22FN3O4/c1-14(27)25-19(11-15-6-5-9-18(23)10-15)21(28)26-20(22(29)30-2)12-16-7-3-4-8-17(16)13-24/h3-10,19-20H,11-12H2,1-2H3,(H,25,27)(H,26,28)/t19-,20+/m1/s1. The van der Waals surface area contributed by atoms with E-state index in [1.165, 1.54) is 32.2 Å². The van der Waals surface area contributed by atoms with Crippen molar-refractivity contribution in [2.45, 2.75) is 31.8 Å². The van der Waals surface area contributed by atoms with Gasteiger partial charge in [-0.1, -0.05) is 30.3 Å². The van der Waals surface area contributed by atoms with Gasteiger partial charge in [0.25, 0.3) is 0 Å². The zero-order valence-electron chi connectivity index (χ0n) is 16.6. The lowest BCUT2D eigenvalue weighted by Gasteiger charge is -2.22. The number of nitrogens with one attached hydrogen (secondary N) is 2. The zero-order valence-corrected chi connectivity index (χ0v) is 16.6. The topological polar surface area (TPSA) is 108 Å². The Kier molecular flexibility index (Phi) is 8.06. The van der Waals surface area contributed by atoms with E-state index >= 15 is 0 Å². The Bertz CT molecular complexity index is 971. The predicted octanol–water partition coefficient (Wildman–Crippen LogP) is 1.65. The maximum atomic E-state index is 13.5. The molecule has 7 nitrogen and oxygen atoms in total. The monoisotopic (exact) mass is 411 g/mol. The van der Waals surface area contributed by atoms with Gasteiger partial charge in [0.1, 0.15) is 17.9 Å². The van der Waals surface area contributed by atoms with Crippen LogP contribution in [-0.2, 0) is 32.0 Å². The molecule has 2 amide bonds. The Balaban J connectivity index is 2.22. The first kappa shape index (κ1) is 22.6. The number of rotatable bonds is 8. The minimum Gasteiger partial charge on any atom is -0.467 e. The van der Waals surface area contributed by atoms with E-state index in [1.807, 2.05) is 6.07 Å². The van der Waals surface area contributed by atoms with Gasteiger partial charge in [0.2, 0.25) is 11.8 Å². The Morgan fingerprint density at radius 2 is 1.80 bits per heavy atom. The van der Waals surface area contributed by atoms with Crippen molar-refractivity contribution < 1.29 is 23.5 Å². The molecule has 2 N–H and O–H groups in total. The molecule has 2 atom stereocenters. The van der Waals surface area contributed by atoms with Gasteiger partial charge in [-0.25, -0.2) is 9.18 Å². The molecule has 0 saturated heterocycles. The molecule has 0 aliphatic heterocycles. The summed E-state index contributed by atoms with van der Waals surface area (Å²) in [5.74, 6) is -2.23. The fourth-order valence-electron chi connectivity index (χ4n) is 2.99. The molecule has 2 aromatic rings. The SMILES string of the molecule is COC(=O)[C@H](Cc1ccccc1C#N)NC(=O)[C@@H](Cc1cccc(F)c1)NC(C)=O. The van der Waals surface area contributed by atoms with Gasteiger partial charge in [-0.3, -0.25) is 9.59 Å². The number of benzene rings is 2. The number of esters is 1. The molecule has 8 heteroatoms. The highest BCUT2D eigenvalue weighted by molar-refractivity contribution is 5.90. The molecule has 0 bridgehead atoms. The van der Waals surface area contributed by atoms with Crippen LogP contribution in [0, 0.1) is 17.1 Å². The van der Waals surface area contributed by atoms with Gasteiger partial charge in [0.05, 0.1) is 18.7 Å². The second-order valence-corrected chi connectivity index (χ2v) is 6.64. The number of methoxy groups -OCH3 is 1. The third kappa shape index (κ3) is 6.41. The van der Waals surface area contributed by atoms with Crippen molar-refractivity contribution in [2.24, 2.45) is 0 Å². The first-order valence-electron chi connectivity index (χ1n) is 9.21. The summed E-state index contributed by atoms with van der Waals surface area (Å²) in [7, 11) is 1.19. The van der Waals surface area contributed by atoms with Crippen LogP contribution < -0.4 is 10.6 Å². The second-order valence-electron chi connectivity index (χ2n) is 6.64. The van der Waals surface area contributed by atoms with Gasteiger partial charge in [-0.05, 0) is 29.3 Å². The van der Waals surface area contributed by atoms with Crippen LogP contribution in [0.15, 0.2) is 48.5 Å². The number of nitrogens with zero attached hydrogens (tertiary/aromatic N) is 1. The first-order valence-corrected chi connectivity index (χ1v) is 9.21. The molecule has 0 radical (unpaired) electrons. The number of amides is 2. The van der Waals surface area contributed by atoms with E-state index in [1.54, 1.807) is 30.3 Å². The summed E-state index contributed by atoms with van der Waals surface area (Å²) in [6.45, 7) is 1.26. The van der Waals surface area contributed by atoms with Crippen molar-refractivity contribution in [3.05, 3.63) is 71.0 Å². The largest absolute Gasteiger partial charge is 0.467 e. The number of hydrogen-bond acceptors (Lipinski definition) is 5. The summed E-state index contributed by atoms with van der Waals surface area (Å²) in [6.07, 6.45) is 0.0702. The summed E-state index contributed by atoms with van der Waals surface area (Å²) in [5, 5.41) is 14.3. The lowest BCUT2D eigenvalue weighted by molar-refractivity contribution is -0.145. The van der Waals surface area contributed by atoms with Gasteiger partial charge in [-0.15, -0.1) is 0 Å². The van der Waals surface area contributed by atoms with Crippen LogP contribution in [0.4, 0.5) is 4.39 Å². The molecular weight excluding hydrogens is 389 g/mol. The fraction of sp³-hybridized carbons (Fsp3) is 0.273. The molecule has 0 saturated carbocycles. The van der Waals surface area contributed by atoms with Gasteiger partial charge in [-0.2, -0.15) is 5.26 Å². The quantitative estimate of drug-likeness (QED) is 0.642. The smallest absolute Gasteiger partial charge is 0.328 e. The van der Waals surface area contributed by atoms with Crippen LogP contribution in [0.25, 0.3) is 0 Å². The average Bonchev–Trinajstić information content (AvgIpc) is 2.72. The van der Waals surface area contributed by atoms with E-state index in [9.17, 15) is 24.0 Å². The normalized spacial score (nSPS) is 12.2. The van der Waals surface area contributed by atoms with Crippen molar-refractivity contribution in [2.75, 3.05) is 7.11 Å². The molecule has 0 aromatic heterocycles. The lowest BCUT2D eigenvalue weighted by Crippen LogP contribution is -2.53. The van der Waals surface area contributed by atoms with E-state index < -0.39 is 35.7 Å². The van der Waals surface area contributed by atoms with E-state index in [0.29, 0.717) is 16.7 Å². The summed E-state index contributed by atoms with van der Waals surface area (Å²) >= 11 is 0. The van der Waals surface area contributed by atoms with E-state index in [0.717, 1.165) is 0 Å². The van der Waals surface area contributed by atoms with Crippen LogP contribution in [0.5, 0.6) is 0 Å². The van der Waals surface area contributed by atoms with Crippen LogP contribution >= 0.6 is 0 Å². The minimum atomic E-state index is -1.07. The van der Waals surface area contributed by atoms with Crippen molar-refractivity contribution in [3.63, 3.8) is 0 Å². The molecule has 0 aliphatic carbocycles. The van der Waals surface area contributed by atoms with Crippen molar-refractivity contribution in [3.8, 4) is 6.07 Å². The average molecular weight is 411 g/mol.